The van der Waals surface area contributed by atoms with E-state index >= 15 is 0 Å². The van der Waals surface area contributed by atoms with Crippen LogP contribution in [0.4, 0.5) is 0 Å². The highest BCUT2D eigenvalue weighted by atomic mass is 16.5. The van der Waals surface area contributed by atoms with Crippen LogP contribution in [0.1, 0.15) is 41.8 Å². The lowest BCUT2D eigenvalue weighted by atomic mass is 10.0. The van der Waals surface area contributed by atoms with E-state index < -0.39 is 0 Å². The molecule has 0 bridgehead atoms. The van der Waals surface area contributed by atoms with E-state index in [4.69, 9.17) is 9.72 Å². The molecular formula is C36H39N3O2. The first kappa shape index (κ1) is 28.2. The number of amides is 1. The van der Waals surface area contributed by atoms with Crippen LogP contribution < -0.4 is 10.1 Å². The van der Waals surface area contributed by atoms with Gasteiger partial charge in [0.25, 0.3) is 0 Å². The number of fused-ring (bicyclic) bond motifs is 1. The Balaban J connectivity index is 1.09. The van der Waals surface area contributed by atoms with Gasteiger partial charge in [-0.05, 0) is 79.1 Å². The molecule has 5 heteroatoms. The van der Waals surface area contributed by atoms with Gasteiger partial charge in [0.05, 0.1) is 24.1 Å². The van der Waals surface area contributed by atoms with Gasteiger partial charge in [-0.3, -0.25) is 4.79 Å². The van der Waals surface area contributed by atoms with Crippen LogP contribution in [0.3, 0.4) is 0 Å². The quantitative estimate of drug-likeness (QED) is 0.156. The molecule has 5 aromatic rings. The number of ether oxygens (including phenoxy) is 1. The zero-order valence-electron chi connectivity index (χ0n) is 24.1. The number of imidazole rings is 1. The zero-order valence-corrected chi connectivity index (χ0v) is 24.1. The van der Waals surface area contributed by atoms with Gasteiger partial charge in [-0.15, -0.1) is 0 Å². The summed E-state index contributed by atoms with van der Waals surface area (Å²) in [5, 5.41) is 3.09. The molecule has 0 atom stereocenters. The predicted molar refractivity (Wildman–Crippen MR) is 167 cm³/mol. The van der Waals surface area contributed by atoms with Crippen LogP contribution in [-0.2, 0) is 24.2 Å². The van der Waals surface area contributed by atoms with Crippen molar-refractivity contribution in [2.45, 2.75) is 52.5 Å². The number of hydrogen-bond donors (Lipinski definition) is 1. The van der Waals surface area contributed by atoms with Crippen molar-refractivity contribution in [2.24, 2.45) is 0 Å². The van der Waals surface area contributed by atoms with Crippen LogP contribution in [0.15, 0.2) is 97.1 Å². The van der Waals surface area contributed by atoms with Crippen molar-refractivity contribution < 1.29 is 9.53 Å². The van der Waals surface area contributed by atoms with E-state index in [2.05, 4.69) is 84.4 Å². The first-order valence-electron chi connectivity index (χ1n) is 14.6. The molecule has 0 aliphatic rings. The van der Waals surface area contributed by atoms with Gasteiger partial charge in [0, 0.05) is 19.5 Å². The summed E-state index contributed by atoms with van der Waals surface area (Å²) in [5.74, 6) is 2.10. The molecule has 0 saturated carbocycles. The van der Waals surface area contributed by atoms with Crippen molar-refractivity contribution in [3.8, 4) is 16.9 Å². The van der Waals surface area contributed by atoms with Crippen molar-refractivity contribution in [3.05, 3.63) is 120 Å². The number of nitrogens with one attached hydrogen (secondary N) is 1. The molecule has 0 fully saturated rings. The molecule has 1 N–H and O–H groups in total. The Labute approximate surface area is 243 Å². The fraction of sp³-hybridized carbons (Fsp3) is 0.278. The Morgan fingerprint density at radius 3 is 2.41 bits per heavy atom. The number of aromatic nitrogens is 2. The average molecular weight is 546 g/mol. The van der Waals surface area contributed by atoms with E-state index in [-0.39, 0.29) is 5.91 Å². The fourth-order valence-electron chi connectivity index (χ4n) is 5.15. The van der Waals surface area contributed by atoms with Crippen LogP contribution in [0.2, 0.25) is 0 Å². The minimum atomic E-state index is 0.0508. The predicted octanol–water partition coefficient (Wildman–Crippen LogP) is 7.47. The molecule has 1 aromatic heterocycles. The van der Waals surface area contributed by atoms with Crippen LogP contribution >= 0.6 is 0 Å². The number of rotatable bonds is 13. The summed E-state index contributed by atoms with van der Waals surface area (Å²) in [6.07, 6.45) is 4.04. The van der Waals surface area contributed by atoms with Crippen molar-refractivity contribution in [1.82, 2.24) is 14.9 Å². The maximum Gasteiger partial charge on any atom is 0.224 e. The van der Waals surface area contributed by atoms with Gasteiger partial charge in [0.2, 0.25) is 5.91 Å². The third kappa shape index (κ3) is 7.63. The monoisotopic (exact) mass is 545 g/mol. The number of nitrogens with zero attached hydrogens (tertiary/aromatic N) is 2. The highest BCUT2D eigenvalue weighted by Crippen LogP contribution is 2.21. The molecule has 0 aliphatic carbocycles. The number of para-hydroxylation sites is 2. The molecule has 210 valence electrons. The second-order valence-electron chi connectivity index (χ2n) is 10.7. The largest absolute Gasteiger partial charge is 0.493 e. The lowest BCUT2D eigenvalue weighted by Gasteiger charge is -2.12. The standard InChI is InChI=1S/C36H39N3O2/c1-27-16-17-28(2)34(25-27)41-24-9-8-23-39-33-14-7-6-13-32(33)38-35(39)15-10-22-37-36(40)26-29-18-20-31(21-19-29)30-11-4-3-5-12-30/h3-7,11-14,16-21,25H,8-10,15,22-24,26H2,1-2H3,(H,37,40). The molecule has 0 aliphatic heterocycles. The summed E-state index contributed by atoms with van der Waals surface area (Å²) in [4.78, 5) is 17.5. The molecule has 1 heterocycles. The van der Waals surface area contributed by atoms with Gasteiger partial charge >= 0.3 is 0 Å². The maximum atomic E-state index is 12.6. The smallest absolute Gasteiger partial charge is 0.224 e. The molecule has 5 rings (SSSR count). The van der Waals surface area contributed by atoms with Gasteiger partial charge in [-0.1, -0.05) is 78.9 Å². The summed E-state index contributed by atoms with van der Waals surface area (Å²) in [7, 11) is 0. The van der Waals surface area contributed by atoms with Crippen LogP contribution in [0.5, 0.6) is 5.75 Å². The van der Waals surface area contributed by atoms with Crippen LogP contribution in [-0.4, -0.2) is 28.6 Å². The molecule has 0 radical (unpaired) electrons. The third-order valence-electron chi connectivity index (χ3n) is 7.44. The van der Waals surface area contributed by atoms with E-state index in [9.17, 15) is 4.79 Å². The number of benzene rings is 4. The van der Waals surface area contributed by atoms with E-state index in [1.165, 1.54) is 22.2 Å². The highest BCUT2D eigenvalue weighted by Gasteiger charge is 2.11. The Kier molecular flexibility index (Phi) is 9.48. The maximum absolute atomic E-state index is 12.6. The Hall–Kier alpha value is -4.38. The average Bonchev–Trinajstić information content (AvgIpc) is 3.35. The molecule has 5 nitrogen and oxygen atoms in total. The van der Waals surface area contributed by atoms with E-state index in [0.29, 0.717) is 19.6 Å². The van der Waals surface area contributed by atoms with Crippen molar-refractivity contribution in [2.75, 3.05) is 13.2 Å². The summed E-state index contributed by atoms with van der Waals surface area (Å²) in [6, 6.07) is 33.2. The first-order chi connectivity index (χ1) is 20.1. The van der Waals surface area contributed by atoms with Gasteiger partial charge in [-0.2, -0.15) is 0 Å². The van der Waals surface area contributed by atoms with Crippen LogP contribution in [0.25, 0.3) is 22.2 Å². The number of hydrogen-bond acceptors (Lipinski definition) is 3. The Morgan fingerprint density at radius 2 is 1.59 bits per heavy atom. The summed E-state index contributed by atoms with van der Waals surface area (Å²) >= 11 is 0. The minimum absolute atomic E-state index is 0.0508. The normalized spacial score (nSPS) is 11.1. The van der Waals surface area contributed by atoms with Crippen molar-refractivity contribution >= 4 is 16.9 Å². The molecule has 4 aromatic carbocycles. The molecule has 0 unspecified atom stereocenters. The van der Waals surface area contributed by atoms with Crippen molar-refractivity contribution in [1.29, 1.82) is 0 Å². The lowest BCUT2D eigenvalue weighted by Crippen LogP contribution is -2.26. The fourth-order valence-corrected chi connectivity index (χ4v) is 5.15. The molecule has 1 amide bonds. The Bertz CT molecular complexity index is 1570. The topological polar surface area (TPSA) is 56.1 Å². The third-order valence-corrected chi connectivity index (χ3v) is 7.44. The molecular weight excluding hydrogens is 506 g/mol. The minimum Gasteiger partial charge on any atom is -0.493 e. The van der Waals surface area contributed by atoms with E-state index in [0.717, 1.165) is 60.4 Å². The number of unbranched alkanes of at least 4 members (excludes halogenated alkanes) is 1. The molecule has 41 heavy (non-hydrogen) atoms. The lowest BCUT2D eigenvalue weighted by molar-refractivity contribution is -0.120. The first-order valence-corrected chi connectivity index (χ1v) is 14.6. The van der Waals surface area contributed by atoms with E-state index in [1.54, 1.807) is 0 Å². The number of carbonyl (C=O) groups is 1. The second kappa shape index (κ2) is 13.8. The van der Waals surface area contributed by atoms with Crippen LogP contribution in [0, 0.1) is 13.8 Å². The highest BCUT2D eigenvalue weighted by molar-refractivity contribution is 5.79. The summed E-state index contributed by atoms with van der Waals surface area (Å²) in [6.45, 7) is 6.41. The van der Waals surface area contributed by atoms with Gasteiger partial charge in [0.15, 0.2) is 0 Å². The Morgan fingerprint density at radius 1 is 0.829 bits per heavy atom. The summed E-state index contributed by atoms with van der Waals surface area (Å²) in [5.41, 5.74) is 7.94. The molecule has 0 saturated heterocycles. The van der Waals surface area contributed by atoms with Crippen molar-refractivity contribution in [3.63, 3.8) is 0 Å². The number of aryl methyl sites for hydroxylation is 4. The van der Waals surface area contributed by atoms with E-state index in [1.807, 2.05) is 36.4 Å². The molecule has 0 spiro atoms. The number of carbonyl (C=O) groups excluding carboxylic acids is 1. The second-order valence-corrected chi connectivity index (χ2v) is 10.7. The van der Waals surface area contributed by atoms with Gasteiger partial charge < -0.3 is 14.6 Å². The SMILES string of the molecule is Cc1ccc(C)c(OCCCCn2c(CCCNC(=O)Cc3ccc(-c4ccccc4)cc3)nc3ccccc32)c1. The van der Waals surface area contributed by atoms with Gasteiger partial charge in [-0.25, -0.2) is 4.98 Å². The summed E-state index contributed by atoms with van der Waals surface area (Å²) < 4.78 is 8.40. The zero-order chi connectivity index (χ0) is 28.4. The van der Waals surface area contributed by atoms with Gasteiger partial charge in [0.1, 0.15) is 11.6 Å².